The lowest BCUT2D eigenvalue weighted by Crippen LogP contribution is -2.48. The van der Waals surface area contributed by atoms with Gasteiger partial charge >= 0.3 is 0 Å². The second kappa shape index (κ2) is 9.78. The molecule has 1 amide bonds. The van der Waals surface area contributed by atoms with Gasteiger partial charge in [-0.05, 0) is 55.0 Å². The van der Waals surface area contributed by atoms with Crippen molar-refractivity contribution in [1.29, 1.82) is 0 Å². The molecule has 3 aromatic rings. The zero-order chi connectivity index (χ0) is 22.5. The van der Waals surface area contributed by atoms with Gasteiger partial charge < -0.3 is 28.8 Å². The van der Waals surface area contributed by atoms with Gasteiger partial charge in [0.15, 0.2) is 0 Å². The number of methoxy groups -OCH3 is 2. The number of amides is 1. The Kier molecular flexibility index (Phi) is 6.66. The zero-order valence-corrected chi connectivity index (χ0v) is 18.6. The first-order valence-corrected chi connectivity index (χ1v) is 10.6. The first-order valence-electron chi connectivity index (χ1n) is 10.6. The minimum atomic E-state index is -0.0312. The number of piperazine rings is 1. The molecule has 1 aliphatic rings. The van der Waals surface area contributed by atoms with E-state index >= 15 is 0 Å². The molecular weight excluding hydrogens is 408 g/mol. The van der Waals surface area contributed by atoms with Crippen LogP contribution in [-0.4, -0.2) is 44.7 Å². The standard InChI is InChI=1S/C25H28N2O5/c1-17-23(14-22(32-17)16-31-20-9-7-19(29-2)8-10-20)25(28)27-12-11-26-24(15-27)18-5-4-6-21(13-18)30-3/h4-10,13-14,24,26H,11-12,15-16H2,1-3H3. The number of nitrogens with one attached hydrogen (secondary N) is 1. The molecule has 2 aromatic carbocycles. The Labute approximate surface area is 187 Å². The van der Waals surface area contributed by atoms with Crippen LogP contribution in [0, 0.1) is 6.92 Å². The van der Waals surface area contributed by atoms with E-state index in [1.165, 1.54) is 0 Å². The number of nitrogens with zero attached hydrogens (tertiary/aromatic N) is 1. The van der Waals surface area contributed by atoms with Gasteiger partial charge in [-0.1, -0.05) is 12.1 Å². The van der Waals surface area contributed by atoms with E-state index in [1.807, 2.05) is 60.4 Å². The monoisotopic (exact) mass is 436 g/mol. The summed E-state index contributed by atoms with van der Waals surface area (Å²) in [6.07, 6.45) is 0. The number of carbonyl (C=O) groups excluding carboxylic acids is 1. The van der Waals surface area contributed by atoms with Gasteiger partial charge in [0.25, 0.3) is 5.91 Å². The summed E-state index contributed by atoms with van der Waals surface area (Å²) >= 11 is 0. The van der Waals surface area contributed by atoms with E-state index in [0.29, 0.717) is 35.9 Å². The van der Waals surface area contributed by atoms with Crippen molar-refractivity contribution in [3.05, 3.63) is 77.2 Å². The van der Waals surface area contributed by atoms with Crippen molar-refractivity contribution in [3.63, 3.8) is 0 Å². The molecule has 1 aliphatic heterocycles. The van der Waals surface area contributed by atoms with Crippen LogP contribution in [0.3, 0.4) is 0 Å². The van der Waals surface area contributed by atoms with Crippen LogP contribution in [0.2, 0.25) is 0 Å². The molecule has 1 N–H and O–H groups in total. The van der Waals surface area contributed by atoms with Crippen molar-refractivity contribution in [2.75, 3.05) is 33.9 Å². The molecule has 0 saturated carbocycles. The highest BCUT2D eigenvalue weighted by molar-refractivity contribution is 5.95. The SMILES string of the molecule is COc1ccc(OCc2cc(C(=O)N3CCNC(c4cccc(OC)c4)C3)c(C)o2)cc1. The fraction of sp³-hybridized carbons (Fsp3) is 0.320. The Bertz CT molecular complexity index is 1060. The number of hydrogen-bond acceptors (Lipinski definition) is 6. The van der Waals surface area contributed by atoms with Crippen molar-refractivity contribution >= 4 is 5.91 Å². The van der Waals surface area contributed by atoms with Crippen molar-refractivity contribution in [2.45, 2.75) is 19.6 Å². The van der Waals surface area contributed by atoms with Gasteiger partial charge in [0.1, 0.15) is 35.4 Å². The number of rotatable bonds is 7. The molecule has 0 bridgehead atoms. The smallest absolute Gasteiger partial charge is 0.257 e. The Hall–Kier alpha value is -3.45. The maximum absolute atomic E-state index is 13.2. The number of aryl methyl sites for hydroxylation is 1. The largest absolute Gasteiger partial charge is 0.497 e. The van der Waals surface area contributed by atoms with E-state index < -0.39 is 0 Å². The highest BCUT2D eigenvalue weighted by atomic mass is 16.5. The van der Waals surface area contributed by atoms with E-state index in [4.69, 9.17) is 18.6 Å². The summed E-state index contributed by atoms with van der Waals surface area (Å²) in [6.45, 7) is 3.99. The minimum Gasteiger partial charge on any atom is -0.497 e. The zero-order valence-electron chi connectivity index (χ0n) is 18.6. The predicted molar refractivity (Wildman–Crippen MR) is 120 cm³/mol. The summed E-state index contributed by atoms with van der Waals surface area (Å²) in [4.78, 5) is 15.1. The van der Waals surface area contributed by atoms with Gasteiger partial charge in [-0.25, -0.2) is 0 Å². The molecule has 0 radical (unpaired) electrons. The van der Waals surface area contributed by atoms with Crippen LogP contribution in [0.15, 0.2) is 59.0 Å². The molecule has 1 saturated heterocycles. The third-order valence-electron chi connectivity index (χ3n) is 5.60. The summed E-state index contributed by atoms with van der Waals surface area (Å²) in [5, 5.41) is 3.49. The van der Waals surface area contributed by atoms with Gasteiger partial charge in [-0.3, -0.25) is 4.79 Å². The number of carbonyl (C=O) groups is 1. The first-order chi connectivity index (χ1) is 15.6. The van der Waals surface area contributed by atoms with Gasteiger partial charge in [0.2, 0.25) is 0 Å². The second-order valence-corrected chi connectivity index (χ2v) is 7.68. The maximum atomic E-state index is 13.2. The van der Waals surface area contributed by atoms with Crippen molar-refractivity contribution < 1.29 is 23.4 Å². The van der Waals surface area contributed by atoms with E-state index in [2.05, 4.69) is 5.32 Å². The normalized spacial score (nSPS) is 16.0. The topological polar surface area (TPSA) is 73.2 Å². The molecular formula is C25H28N2O5. The third kappa shape index (κ3) is 4.89. The lowest BCUT2D eigenvalue weighted by Gasteiger charge is -2.34. The molecule has 32 heavy (non-hydrogen) atoms. The molecule has 1 atom stereocenters. The summed E-state index contributed by atoms with van der Waals surface area (Å²) in [7, 11) is 3.28. The molecule has 0 spiro atoms. The quantitative estimate of drug-likeness (QED) is 0.604. The van der Waals surface area contributed by atoms with Gasteiger partial charge in [0, 0.05) is 19.6 Å². The van der Waals surface area contributed by atoms with Crippen LogP contribution in [0.1, 0.15) is 33.5 Å². The lowest BCUT2D eigenvalue weighted by atomic mass is 10.0. The Morgan fingerprint density at radius 1 is 1.06 bits per heavy atom. The van der Waals surface area contributed by atoms with Crippen LogP contribution >= 0.6 is 0 Å². The fourth-order valence-electron chi connectivity index (χ4n) is 3.84. The third-order valence-corrected chi connectivity index (χ3v) is 5.60. The van der Waals surface area contributed by atoms with Crippen LogP contribution in [-0.2, 0) is 6.61 Å². The molecule has 2 heterocycles. The molecule has 4 rings (SSSR count). The van der Waals surface area contributed by atoms with E-state index in [1.54, 1.807) is 20.3 Å². The van der Waals surface area contributed by atoms with Crippen molar-refractivity contribution in [3.8, 4) is 17.2 Å². The van der Waals surface area contributed by atoms with Crippen LogP contribution < -0.4 is 19.5 Å². The van der Waals surface area contributed by atoms with E-state index in [-0.39, 0.29) is 18.6 Å². The molecule has 1 aromatic heterocycles. The molecule has 7 heteroatoms. The molecule has 0 aliphatic carbocycles. The Balaban J connectivity index is 1.41. The number of ether oxygens (including phenoxy) is 3. The lowest BCUT2D eigenvalue weighted by molar-refractivity contribution is 0.0701. The van der Waals surface area contributed by atoms with Gasteiger partial charge in [-0.2, -0.15) is 0 Å². The van der Waals surface area contributed by atoms with Gasteiger partial charge in [0.05, 0.1) is 25.8 Å². The molecule has 7 nitrogen and oxygen atoms in total. The van der Waals surface area contributed by atoms with Crippen molar-refractivity contribution in [2.24, 2.45) is 0 Å². The van der Waals surface area contributed by atoms with Crippen LogP contribution in [0.25, 0.3) is 0 Å². The molecule has 168 valence electrons. The second-order valence-electron chi connectivity index (χ2n) is 7.68. The summed E-state index contributed by atoms with van der Waals surface area (Å²) in [6, 6.07) is 17.1. The number of benzene rings is 2. The van der Waals surface area contributed by atoms with Gasteiger partial charge in [-0.15, -0.1) is 0 Å². The molecule has 1 fully saturated rings. The first kappa shape index (κ1) is 21.8. The van der Waals surface area contributed by atoms with Crippen LogP contribution in [0.5, 0.6) is 17.2 Å². The highest BCUT2D eigenvalue weighted by Gasteiger charge is 2.27. The summed E-state index contributed by atoms with van der Waals surface area (Å²) < 4.78 is 22.1. The van der Waals surface area contributed by atoms with Crippen LogP contribution in [0.4, 0.5) is 0 Å². The minimum absolute atomic E-state index is 0.0312. The maximum Gasteiger partial charge on any atom is 0.257 e. The van der Waals surface area contributed by atoms with E-state index in [9.17, 15) is 4.79 Å². The summed E-state index contributed by atoms with van der Waals surface area (Å²) in [5.41, 5.74) is 1.67. The molecule has 1 unspecified atom stereocenters. The number of hydrogen-bond donors (Lipinski definition) is 1. The predicted octanol–water partition coefficient (Wildman–Crippen LogP) is 3.97. The fourth-order valence-corrected chi connectivity index (χ4v) is 3.84. The highest BCUT2D eigenvalue weighted by Crippen LogP contribution is 2.25. The number of furan rings is 1. The summed E-state index contributed by atoms with van der Waals surface area (Å²) in [5.74, 6) is 3.45. The van der Waals surface area contributed by atoms with E-state index in [0.717, 1.165) is 23.6 Å². The average molecular weight is 437 g/mol. The average Bonchev–Trinajstić information content (AvgIpc) is 3.23. The Morgan fingerprint density at radius 2 is 1.81 bits per heavy atom. The van der Waals surface area contributed by atoms with Crippen molar-refractivity contribution in [1.82, 2.24) is 10.2 Å². The Morgan fingerprint density at radius 3 is 2.56 bits per heavy atom.